The Morgan fingerprint density at radius 3 is 2.10 bits per heavy atom. The molecule has 3 rings (SSSR count). The highest BCUT2D eigenvalue weighted by Gasteiger charge is 2.62. The lowest BCUT2D eigenvalue weighted by atomic mass is 9.68. The van der Waals surface area contributed by atoms with Gasteiger partial charge in [0.1, 0.15) is 23.4 Å². The first-order valence-electron chi connectivity index (χ1n) is 11.9. The van der Waals surface area contributed by atoms with E-state index in [1.165, 1.54) is 4.90 Å². The number of alkyl halides is 2. The second-order valence-corrected chi connectivity index (χ2v) is 9.91. The molecule has 0 aromatic rings. The highest BCUT2D eigenvalue weighted by Crippen LogP contribution is 2.55. The van der Waals surface area contributed by atoms with Gasteiger partial charge in [-0.15, -0.1) is 0 Å². The number of hydrogen-bond acceptors (Lipinski definition) is 3. The highest BCUT2D eigenvalue weighted by atomic mass is 19.1. The van der Waals surface area contributed by atoms with E-state index in [1.807, 2.05) is 19.9 Å². The first kappa shape index (κ1) is 23.7. The van der Waals surface area contributed by atoms with Crippen molar-refractivity contribution in [3.63, 3.8) is 0 Å². The number of imide groups is 1. The Hall–Kier alpha value is -1.91. The number of nitrogens with one attached hydrogen (secondary N) is 2. The lowest BCUT2D eigenvalue weighted by molar-refractivity contribution is -0.00793. The van der Waals surface area contributed by atoms with Gasteiger partial charge in [-0.2, -0.15) is 5.26 Å². The number of carbonyl (C=O) groups excluding carboxylic acids is 2. The normalized spacial score (nSPS) is 27.9. The minimum atomic E-state index is -1.56. The first-order valence-corrected chi connectivity index (χ1v) is 11.9. The number of carbonyl (C=O) groups is 2. The maximum Gasteiger partial charge on any atom is 0.326 e. The van der Waals surface area contributed by atoms with E-state index in [1.54, 1.807) is 0 Å². The molecule has 0 aromatic carbocycles. The zero-order chi connectivity index (χ0) is 22.7. The third-order valence-electron chi connectivity index (χ3n) is 7.52. The first-order chi connectivity index (χ1) is 14.8. The molecule has 1 heterocycles. The third-order valence-corrected chi connectivity index (χ3v) is 7.52. The number of nitrogens with zero attached hydrogens (tertiary/aromatic N) is 2. The average Bonchev–Trinajstić information content (AvgIpc) is 3.43. The number of amides is 4. The summed E-state index contributed by atoms with van der Waals surface area (Å²) in [4.78, 5) is 26.9. The Morgan fingerprint density at radius 1 is 1.03 bits per heavy atom. The molecule has 2 unspecified atom stereocenters. The molecule has 8 heteroatoms. The van der Waals surface area contributed by atoms with Crippen molar-refractivity contribution in [1.29, 1.82) is 5.26 Å². The zero-order valence-electron chi connectivity index (χ0n) is 18.8. The van der Waals surface area contributed by atoms with Gasteiger partial charge in [0.15, 0.2) is 0 Å². The molecule has 6 nitrogen and oxygen atoms in total. The van der Waals surface area contributed by atoms with Gasteiger partial charge in [-0.05, 0) is 50.4 Å². The molecule has 2 aliphatic carbocycles. The van der Waals surface area contributed by atoms with Crippen LogP contribution in [0, 0.1) is 16.7 Å². The molecule has 2 atom stereocenters. The lowest BCUT2D eigenvalue weighted by Crippen LogP contribution is -2.63. The van der Waals surface area contributed by atoms with E-state index in [2.05, 4.69) is 10.6 Å². The van der Waals surface area contributed by atoms with Crippen molar-refractivity contribution in [1.82, 2.24) is 15.5 Å². The standard InChI is InChI=1S/C23H36F2N4O2/c1-3-8-17(24)23(18(25)9-4-2)14-21(10-6-5-7-11-21)16-29(23)20(31)27-19(30)28-22(15-26)12-13-22/h17-18H,3-14,16H2,1-2H3,(H2,27,28,30,31). The van der Waals surface area contributed by atoms with E-state index in [4.69, 9.17) is 0 Å². The second-order valence-electron chi connectivity index (χ2n) is 9.91. The molecule has 1 aliphatic heterocycles. The monoisotopic (exact) mass is 438 g/mol. The van der Waals surface area contributed by atoms with Crippen molar-refractivity contribution < 1.29 is 18.4 Å². The second kappa shape index (κ2) is 9.30. The quantitative estimate of drug-likeness (QED) is 0.578. The molecule has 3 fully saturated rings. The lowest BCUT2D eigenvalue weighted by Gasteiger charge is -2.43. The summed E-state index contributed by atoms with van der Waals surface area (Å²) in [6.45, 7) is 3.98. The van der Waals surface area contributed by atoms with Crippen LogP contribution in [0.5, 0.6) is 0 Å². The molecule has 0 aromatic heterocycles. The molecule has 0 radical (unpaired) electrons. The van der Waals surface area contributed by atoms with Crippen LogP contribution in [0.15, 0.2) is 0 Å². The number of nitriles is 1. The van der Waals surface area contributed by atoms with Crippen molar-refractivity contribution in [2.24, 2.45) is 5.41 Å². The van der Waals surface area contributed by atoms with E-state index in [0.717, 1.165) is 32.1 Å². The summed E-state index contributed by atoms with van der Waals surface area (Å²) in [6, 6.07) is 0.505. The maximum absolute atomic E-state index is 15.8. The van der Waals surface area contributed by atoms with E-state index in [-0.39, 0.29) is 24.8 Å². The zero-order valence-corrected chi connectivity index (χ0v) is 18.8. The van der Waals surface area contributed by atoms with Crippen LogP contribution < -0.4 is 10.6 Å². The summed E-state index contributed by atoms with van der Waals surface area (Å²) in [5.41, 5.74) is -2.78. The molecule has 4 amide bonds. The Balaban J connectivity index is 1.89. The van der Waals surface area contributed by atoms with Crippen LogP contribution >= 0.6 is 0 Å². The van der Waals surface area contributed by atoms with Crippen molar-refractivity contribution in [3.8, 4) is 6.07 Å². The predicted molar refractivity (Wildman–Crippen MR) is 114 cm³/mol. The molecule has 2 saturated carbocycles. The predicted octanol–water partition coefficient (Wildman–Crippen LogP) is 5.13. The van der Waals surface area contributed by atoms with Crippen LogP contribution in [0.25, 0.3) is 0 Å². The minimum Gasteiger partial charge on any atom is -0.319 e. The molecule has 31 heavy (non-hydrogen) atoms. The third kappa shape index (κ3) is 4.65. The van der Waals surface area contributed by atoms with Crippen molar-refractivity contribution in [2.45, 2.75) is 114 Å². The smallest absolute Gasteiger partial charge is 0.319 e. The summed E-state index contributed by atoms with van der Waals surface area (Å²) >= 11 is 0. The number of hydrogen-bond donors (Lipinski definition) is 2. The molecule has 0 bridgehead atoms. The van der Waals surface area contributed by atoms with Gasteiger partial charge in [0.25, 0.3) is 0 Å². The Bertz CT molecular complexity index is 701. The van der Waals surface area contributed by atoms with Gasteiger partial charge < -0.3 is 10.2 Å². The SMILES string of the molecule is CCCC(F)C1(C(F)CCC)CC2(CCCCC2)CN1C(=O)NC(=O)NC1(C#N)CC1. The highest BCUT2D eigenvalue weighted by molar-refractivity contribution is 5.94. The number of rotatable bonds is 7. The average molecular weight is 439 g/mol. The van der Waals surface area contributed by atoms with Gasteiger partial charge in [-0.1, -0.05) is 46.0 Å². The van der Waals surface area contributed by atoms with Gasteiger partial charge in [-0.3, -0.25) is 5.32 Å². The van der Waals surface area contributed by atoms with Crippen molar-refractivity contribution in [3.05, 3.63) is 0 Å². The molecular formula is C23H36F2N4O2. The van der Waals surface area contributed by atoms with Gasteiger partial charge >= 0.3 is 12.1 Å². The summed E-state index contributed by atoms with van der Waals surface area (Å²) in [5.74, 6) is 0. The summed E-state index contributed by atoms with van der Waals surface area (Å²) < 4.78 is 31.5. The fraction of sp³-hybridized carbons (Fsp3) is 0.870. The molecule has 174 valence electrons. The minimum absolute atomic E-state index is 0.174. The number of likely N-dealkylation sites (tertiary alicyclic amines) is 1. The Labute approximate surface area is 184 Å². The van der Waals surface area contributed by atoms with Crippen LogP contribution in [0.3, 0.4) is 0 Å². The van der Waals surface area contributed by atoms with Gasteiger partial charge in [-0.25, -0.2) is 18.4 Å². The van der Waals surface area contributed by atoms with Crippen LogP contribution in [0.4, 0.5) is 18.4 Å². The molecule has 1 saturated heterocycles. The van der Waals surface area contributed by atoms with Gasteiger partial charge in [0.05, 0.1) is 6.07 Å². The Morgan fingerprint density at radius 2 is 1.61 bits per heavy atom. The van der Waals surface area contributed by atoms with Crippen LogP contribution in [0.1, 0.15) is 90.9 Å². The molecule has 1 spiro atoms. The van der Waals surface area contributed by atoms with E-state index in [0.29, 0.717) is 32.1 Å². The van der Waals surface area contributed by atoms with Crippen LogP contribution in [-0.2, 0) is 0 Å². The van der Waals surface area contributed by atoms with Crippen molar-refractivity contribution in [2.75, 3.05) is 6.54 Å². The number of halogens is 2. The van der Waals surface area contributed by atoms with E-state index >= 15 is 8.78 Å². The fourth-order valence-electron chi connectivity index (χ4n) is 5.70. The largest absolute Gasteiger partial charge is 0.326 e. The molecular weight excluding hydrogens is 402 g/mol. The topological polar surface area (TPSA) is 85.2 Å². The van der Waals surface area contributed by atoms with Gasteiger partial charge in [0.2, 0.25) is 0 Å². The Kier molecular flexibility index (Phi) is 7.12. The van der Waals surface area contributed by atoms with Gasteiger partial charge in [0, 0.05) is 6.54 Å². The summed E-state index contributed by atoms with van der Waals surface area (Å²) in [6.07, 6.45) is 4.61. The molecule has 2 N–H and O–H groups in total. The number of urea groups is 2. The molecule has 3 aliphatic rings. The maximum atomic E-state index is 15.8. The van der Waals surface area contributed by atoms with E-state index in [9.17, 15) is 14.9 Å². The van der Waals surface area contributed by atoms with Crippen molar-refractivity contribution >= 4 is 12.1 Å². The van der Waals surface area contributed by atoms with Crippen LogP contribution in [-0.4, -0.2) is 46.9 Å². The van der Waals surface area contributed by atoms with Crippen LogP contribution in [0.2, 0.25) is 0 Å². The summed E-state index contributed by atoms with van der Waals surface area (Å²) in [5, 5.41) is 14.0. The summed E-state index contributed by atoms with van der Waals surface area (Å²) in [7, 11) is 0. The fourth-order valence-corrected chi connectivity index (χ4v) is 5.70. The van der Waals surface area contributed by atoms with E-state index < -0.39 is 35.5 Å².